The van der Waals surface area contributed by atoms with Gasteiger partial charge in [-0.1, -0.05) is 13.8 Å². The highest BCUT2D eigenvalue weighted by Crippen LogP contribution is 2.42. The average Bonchev–Trinajstić information content (AvgIpc) is 3.61. The van der Waals surface area contributed by atoms with E-state index in [-0.39, 0.29) is 64.4 Å². The molecule has 1 saturated carbocycles. The monoisotopic (exact) mass is 547 g/mol. The zero-order chi connectivity index (χ0) is 26.6. The Kier molecular flexibility index (Phi) is 7.59. The summed E-state index contributed by atoms with van der Waals surface area (Å²) in [6.45, 7) is 5.22. The predicted molar refractivity (Wildman–Crippen MR) is 140 cm³/mol. The molecule has 1 amide bonds. The molecule has 3 aliphatic rings. The van der Waals surface area contributed by atoms with Crippen LogP contribution in [0.25, 0.3) is 10.9 Å². The Labute approximate surface area is 225 Å². The number of nitriles is 1. The molecule has 1 aliphatic carbocycles. The van der Waals surface area contributed by atoms with Crippen LogP contribution in [0.5, 0.6) is 5.75 Å². The van der Waals surface area contributed by atoms with Crippen molar-refractivity contribution in [3.8, 4) is 11.8 Å². The highest BCUT2D eigenvalue weighted by atomic mass is 35.5. The van der Waals surface area contributed by atoms with E-state index in [0.29, 0.717) is 19.6 Å². The normalized spacial score (nSPS) is 21.6. The number of benzene rings is 1. The maximum atomic E-state index is 15.7. The van der Waals surface area contributed by atoms with Gasteiger partial charge in [-0.25, -0.2) is 9.18 Å². The molecular weight excluding hydrogens is 517 g/mol. The number of pyridine rings is 1. The molecule has 3 heterocycles. The second-order valence-corrected chi connectivity index (χ2v) is 10.6. The third kappa shape index (κ3) is 4.67. The third-order valence-electron chi connectivity index (χ3n) is 7.84. The highest BCUT2D eigenvalue weighted by molar-refractivity contribution is 5.92. The maximum Gasteiger partial charge on any atom is 0.511 e. The lowest BCUT2D eigenvalue weighted by Crippen LogP contribution is -2.55. The third-order valence-corrected chi connectivity index (χ3v) is 7.84. The van der Waals surface area contributed by atoms with E-state index < -0.39 is 29.2 Å². The molecule has 2 aromatic rings. The number of carbonyl (C=O) groups excluding carboxylic acids is 1. The second-order valence-electron chi connectivity index (χ2n) is 10.6. The van der Waals surface area contributed by atoms with E-state index >= 15 is 4.39 Å². The van der Waals surface area contributed by atoms with Crippen LogP contribution >= 0.6 is 12.4 Å². The molecule has 0 bridgehead atoms. The van der Waals surface area contributed by atoms with E-state index in [1.807, 2.05) is 18.7 Å². The number of ether oxygens (including phenoxy) is 1. The summed E-state index contributed by atoms with van der Waals surface area (Å²) in [5.74, 6) is -1.19. The summed E-state index contributed by atoms with van der Waals surface area (Å²) in [4.78, 5) is 40.9. The Hall–Kier alpha value is -3.36. The number of rotatable bonds is 5. The molecule has 12 heteroatoms. The smallest absolute Gasteiger partial charge is 0.449 e. The molecule has 0 spiro atoms. The quantitative estimate of drug-likeness (QED) is 0.543. The molecule has 204 valence electrons. The van der Waals surface area contributed by atoms with Crippen LogP contribution in [0, 0.1) is 29.0 Å². The number of aromatic nitrogens is 1. The lowest BCUT2D eigenvalue weighted by Gasteiger charge is -2.38. The van der Waals surface area contributed by atoms with Crippen LogP contribution < -0.4 is 20.8 Å². The van der Waals surface area contributed by atoms with Gasteiger partial charge in [-0.05, 0) is 43.6 Å². The van der Waals surface area contributed by atoms with Gasteiger partial charge in [0.2, 0.25) is 11.3 Å². The van der Waals surface area contributed by atoms with Crippen molar-refractivity contribution in [1.29, 1.82) is 5.26 Å². The van der Waals surface area contributed by atoms with Crippen molar-refractivity contribution in [2.24, 2.45) is 17.6 Å². The minimum Gasteiger partial charge on any atom is -0.449 e. The topological polar surface area (TPSA) is 142 Å². The number of fused-ring (bicyclic) bond motifs is 2. The van der Waals surface area contributed by atoms with E-state index in [1.165, 1.54) is 6.20 Å². The Morgan fingerprint density at radius 3 is 2.58 bits per heavy atom. The Morgan fingerprint density at radius 1 is 1.26 bits per heavy atom. The van der Waals surface area contributed by atoms with Gasteiger partial charge in [-0.2, -0.15) is 5.26 Å². The molecule has 3 atom stereocenters. The first kappa shape index (κ1) is 27.7. The number of nitrogens with two attached hydrogens (primary N) is 1. The summed E-state index contributed by atoms with van der Waals surface area (Å²) in [5, 5.41) is 19.1. The van der Waals surface area contributed by atoms with Gasteiger partial charge in [0.1, 0.15) is 17.4 Å². The first-order valence-electron chi connectivity index (χ1n) is 12.7. The highest BCUT2D eigenvalue weighted by Gasteiger charge is 2.44. The molecule has 2 aliphatic heterocycles. The molecule has 10 nitrogen and oxygen atoms in total. The molecule has 0 unspecified atom stereocenters. The molecular formula is C26H31ClFN5O5. The minimum atomic E-state index is -1.65. The van der Waals surface area contributed by atoms with Crippen LogP contribution in [-0.4, -0.2) is 58.4 Å². The number of halogens is 2. The van der Waals surface area contributed by atoms with Gasteiger partial charge >= 0.3 is 6.16 Å². The fourth-order valence-electron chi connectivity index (χ4n) is 5.79. The van der Waals surface area contributed by atoms with Crippen molar-refractivity contribution in [2.45, 2.75) is 57.7 Å². The summed E-state index contributed by atoms with van der Waals surface area (Å²) in [6.07, 6.45) is 2.92. The number of likely N-dealkylation sites (tertiary alicyclic amines) is 1. The van der Waals surface area contributed by atoms with E-state index in [9.17, 15) is 19.6 Å². The zero-order valence-corrected chi connectivity index (χ0v) is 22.0. The van der Waals surface area contributed by atoms with Gasteiger partial charge in [0.05, 0.1) is 34.9 Å². The molecule has 3 fully saturated rings. The number of amides is 1. The number of carboxylic acid groups (broad SMARTS) is 1. The van der Waals surface area contributed by atoms with Crippen LogP contribution in [0.3, 0.4) is 0 Å². The first-order chi connectivity index (χ1) is 17.6. The number of hydrogen-bond acceptors (Lipinski definition) is 7. The SMILES string of the molecule is CC(C)[C@H](N)C(=O)N1CCC[C@H]2CN(c3c(F)cc4c(=O)c(OC(=O)O)cn(C5CC5)c4c3C#N)C[C@H]21.Cl. The summed E-state index contributed by atoms with van der Waals surface area (Å²) >= 11 is 0. The van der Waals surface area contributed by atoms with Crippen molar-refractivity contribution >= 4 is 41.1 Å². The maximum absolute atomic E-state index is 15.7. The minimum absolute atomic E-state index is 0. The summed E-state index contributed by atoms with van der Waals surface area (Å²) in [7, 11) is 0. The lowest BCUT2D eigenvalue weighted by atomic mass is 9.90. The van der Waals surface area contributed by atoms with Crippen molar-refractivity contribution in [2.75, 3.05) is 24.5 Å². The molecule has 3 N–H and O–H groups in total. The van der Waals surface area contributed by atoms with Gasteiger partial charge in [-0.3, -0.25) is 9.59 Å². The van der Waals surface area contributed by atoms with E-state index in [4.69, 9.17) is 10.8 Å². The number of piperidine rings is 1. The Balaban J connectivity index is 0.00000336. The van der Waals surface area contributed by atoms with Crippen molar-refractivity contribution in [3.05, 3.63) is 33.9 Å². The van der Waals surface area contributed by atoms with Crippen molar-refractivity contribution in [3.63, 3.8) is 0 Å². The Bertz CT molecular complexity index is 1390. The number of hydrogen-bond donors (Lipinski definition) is 2. The van der Waals surface area contributed by atoms with Gasteiger partial charge < -0.3 is 29.9 Å². The van der Waals surface area contributed by atoms with Crippen molar-refractivity contribution < 1.29 is 23.8 Å². The zero-order valence-electron chi connectivity index (χ0n) is 21.2. The average molecular weight is 548 g/mol. The van der Waals surface area contributed by atoms with Crippen molar-refractivity contribution in [1.82, 2.24) is 9.47 Å². The summed E-state index contributed by atoms with van der Waals surface area (Å²) in [5.41, 5.74) is 5.78. The van der Waals surface area contributed by atoms with Crippen LogP contribution in [0.15, 0.2) is 17.1 Å². The fourth-order valence-corrected chi connectivity index (χ4v) is 5.79. The predicted octanol–water partition coefficient (Wildman–Crippen LogP) is 3.24. The molecule has 1 aromatic heterocycles. The van der Waals surface area contributed by atoms with E-state index in [2.05, 4.69) is 10.8 Å². The van der Waals surface area contributed by atoms with Crippen LogP contribution in [0.4, 0.5) is 14.9 Å². The largest absolute Gasteiger partial charge is 0.511 e. The summed E-state index contributed by atoms with van der Waals surface area (Å²) < 4.78 is 22.0. The van der Waals surface area contributed by atoms with E-state index in [0.717, 1.165) is 31.7 Å². The van der Waals surface area contributed by atoms with E-state index in [1.54, 1.807) is 9.47 Å². The number of carbonyl (C=O) groups is 2. The van der Waals surface area contributed by atoms with Gasteiger partial charge in [-0.15, -0.1) is 12.4 Å². The summed E-state index contributed by atoms with van der Waals surface area (Å²) in [6, 6.07) is 2.38. The molecule has 38 heavy (non-hydrogen) atoms. The van der Waals surface area contributed by atoms with Gasteiger partial charge in [0, 0.05) is 25.7 Å². The second kappa shape index (κ2) is 10.4. The molecule has 1 aromatic carbocycles. The molecule has 2 saturated heterocycles. The van der Waals surface area contributed by atoms with Crippen LogP contribution in [0.2, 0.25) is 0 Å². The van der Waals surface area contributed by atoms with Gasteiger partial charge in [0.15, 0.2) is 5.75 Å². The van der Waals surface area contributed by atoms with Gasteiger partial charge in [0.25, 0.3) is 0 Å². The lowest BCUT2D eigenvalue weighted by molar-refractivity contribution is -0.137. The number of nitrogens with zero attached hydrogens (tertiary/aromatic N) is 4. The first-order valence-corrected chi connectivity index (χ1v) is 12.7. The molecule has 5 rings (SSSR count). The van der Waals surface area contributed by atoms with Crippen LogP contribution in [-0.2, 0) is 4.79 Å². The molecule has 0 radical (unpaired) electrons. The van der Waals surface area contributed by atoms with Crippen LogP contribution in [0.1, 0.15) is 51.1 Å². The Morgan fingerprint density at radius 2 is 1.97 bits per heavy atom. The number of anilines is 1. The standard InChI is InChI=1S/C26H30FN5O5.ClH/c1-13(2)21(29)25(34)31-7-3-4-14-10-30(11-19(14)31)23-17(9-28)22-16(8-18(23)27)24(33)20(37-26(35)36)12-32(22)15-5-6-15;/h8,12-15,19,21H,3-7,10-11,29H2,1-2H3,(H,35,36);1H/t14-,19+,21-;/m0./s1. The fraction of sp³-hybridized carbons (Fsp3) is 0.538.